The Hall–Kier alpha value is 0.380. The number of hydrogen-bond acceptors (Lipinski definition) is 1. The lowest BCUT2D eigenvalue weighted by molar-refractivity contribution is 0.751. The topological polar surface area (TPSA) is 0 Å². The highest BCUT2D eigenvalue weighted by Gasteiger charge is 1.90. The lowest BCUT2D eigenvalue weighted by Gasteiger charge is -2.00. The summed E-state index contributed by atoms with van der Waals surface area (Å²) in [6.45, 7) is 4.47. The number of thioether (sulfide) groups is 1. The predicted molar refractivity (Wildman–Crippen MR) is 52.0 cm³/mol. The Bertz CT molecular complexity index is 89.3. The van der Waals surface area contributed by atoms with Gasteiger partial charge in [-0.05, 0) is 11.7 Å². The summed E-state index contributed by atoms with van der Waals surface area (Å²) in [5.74, 6) is 3.79. The average molecular weight is 179 g/mol. The largest absolute Gasteiger partial charge is 0.158 e. The van der Waals surface area contributed by atoms with E-state index >= 15 is 0 Å². The minimum atomic E-state index is 0.641. The van der Waals surface area contributed by atoms with Crippen LogP contribution in [0.15, 0.2) is 12.2 Å². The van der Waals surface area contributed by atoms with Crippen LogP contribution in [0.2, 0.25) is 0 Å². The van der Waals surface area contributed by atoms with Crippen LogP contribution >= 0.6 is 23.4 Å². The molecule has 0 nitrogen and oxygen atoms in total. The highest BCUT2D eigenvalue weighted by Crippen LogP contribution is 2.06. The monoisotopic (exact) mass is 178 g/mol. The molecule has 0 aliphatic carbocycles. The van der Waals surface area contributed by atoms with Gasteiger partial charge in [-0.15, -0.1) is 11.6 Å². The Kier molecular flexibility index (Phi) is 7.77. The Morgan fingerprint density at radius 2 is 2.10 bits per heavy atom. The summed E-state index contributed by atoms with van der Waals surface area (Å²) in [6, 6.07) is 0. The average Bonchev–Trinajstić information content (AvgIpc) is 1.87. The van der Waals surface area contributed by atoms with Crippen LogP contribution in [-0.2, 0) is 0 Å². The molecule has 0 bridgehead atoms. The van der Waals surface area contributed by atoms with Crippen LogP contribution in [0.25, 0.3) is 0 Å². The molecule has 0 rings (SSSR count). The van der Waals surface area contributed by atoms with Crippen LogP contribution in [0.5, 0.6) is 0 Å². The summed E-state index contributed by atoms with van der Waals surface area (Å²) in [4.78, 5) is 0. The van der Waals surface area contributed by atoms with Crippen LogP contribution in [-0.4, -0.2) is 17.4 Å². The van der Waals surface area contributed by atoms with Crippen LogP contribution in [0.3, 0.4) is 0 Å². The predicted octanol–water partition coefficient (Wildman–Crippen LogP) is 3.17. The van der Waals surface area contributed by atoms with E-state index in [0.29, 0.717) is 5.88 Å². The summed E-state index contributed by atoms with van der Waals surface area (Å²) in [5.41, 5.74) is 0. The van der Waals surface area contributed by atoms with Crippen molar-refractivity contribution in [2.24, 2.45) is 5.92 Å². The molecule has 0 fully saturated rings. The normalized spacial score (nSPS) is 11.6. The van der Waals surface area contributed by atoms with Gasteiger partial charge in [-0.2, -0.15) is 11.8 Å². The van der Waals surface area contributed by atoms with Crippen molar-refractivity contribution >= 4 is 23.4 Å². The molecule has 0 aromatic rings. The van der Waals surface area contributed by atoms with Crippen molar-refractivity contribution < 1.29 is 0 Å². The number of halogens is 1. The van der Waals surface area contributed by atoms with E-state index in [1.54, 1.807) is 0 Å². The Labute approximate surface area is 73.0 Å². The molecule has 0 aliphatic rings. The lowest BCUT2D eigenvalue weighted by atomic mass is 10.3. The van der Waals surface area contributed by atoms with Crippen molar-refractivity contribution in [3.63, 3.8) is 0 Å². The fraction of sp³-hybridized carbons (Fsp3) is 0.750. The molecule has 0 unspecified atom stereocenters. The molecule has 2 heteroatoms. The van der Waals surface area contributed by atoms with Crippen LogP contribution in [0, 0.1) is 5.92 Å². The van der Waals surface area contributed by atoms with E-state index < -0.39 is 0 Å². The molecule has 0 aromatic heterocycles. The zero-order valence-electron chi connectivity index (χ0n) is 6.64. The first-order valence-corrected chi connectivity index (χ1v) is 5.25. The Morgan fingerprint density at radius 3 is 2.60 bits per heavy atom. The van der Waals surface area contributed by atoms with Gasteiger partial charge in [0.25, 0.3) is 0 Å². The molecule has 0 aromatic carbocycles. The molecule has 0 N–H and O–H groups in total. The molecule has 0 saturated carbocycles. The van der Waals surface area contributed by atoms with E-state index in [2.05, 4.69) is 19.9 Å². The van der Waals surface area contributed by atoms with E-state index in [-0.39, 0.29) is 0 Å². The van der Waals surface area contributed by atoms with Gasteiger partial charge in [0, 0.05) is 11.6 Å². The number of rotatable bonds is 5. The second kappa shape index (κ2) is 7.49. The van der Waals surface area contributed by atoms with Crippen LogP contribution in [0.4, 0.5) is 0 Å². The Morgan fingerprint density at radius 1 is 1.40 bits per heavy atom. The SMILES string of the molecule is CC(C)CSCC=CCCl. The van der Waals surface area contributed by atoms with Gasteiger partial charge in [0.05, 0.1) is 0 Å². The second-order valence-corrected chi connectivity index (χ2v) is 3.94. The van der Waals surface area contributed by atoms with E-state index in [9.17, 15) is 0 Å². The van der Waals surface area contributed by atoms with Crippen molar-refractivity contribution in [1.82, 2.24) is 0 Å². The lowest BCUT2D eigenvalue weighted by Crippen LogP contribution is -1.90. The van der Waals surface area contributed by atoms with E-state index in [1.807, 2.05) is 17.8 Å². The summed E-state index contributed by atoms with van der Waals surface area (Å²) in [6.07, 6.45) is 4.12. The van der Waals surface area contributed by atoms with Crippen molar-refractivity contribution in [2.75, 3.05) is 17.4 Å². The maximum Gasteiger partial charge on any atom is 0.0404 e. The molecule has 0 spiro atoms. The van der Waals surface area contributed by atoms with Gasteiger partial charge in [-0.25, -0.2) is 0 Å². The second-order valence-electron chi connectivity index (χ2n) is 2.56. The fourth-order valence-corrected chi connectivity index (χ4v) is 1.51. The molecule has 0 radical (unpaired) electrons. The van der Waals surface area contributed by atoms with Gasteiger partial charge >= 0.3 is 0 Å². The maximum absolute atomic E-state index is 5.45. The maximum atomic E-state index is 5.45. The van der Waals surface area contributed by atoms with Gasteiger partial charge in [0.15, 0.2) is 0 Å². The first-order valence-electron chi connectivity index (χ1n) is 3.56. The molecule has 0 heterocycles. The van der Waals surface area contributed by atoms with Crippen LogP contribution < -0.4 is 0 Å². The van der Waals surface area contributed by atoms with Gasteiger partial charge in [-0.1, -0.05) is 26.0 Å². The number of hydrogen-bond donors (Lipinski definition) is 0. The van der Waals surface area contributed by atoms with Gasteiger partial charge < -0.3 is 0 Å². The minimum absolute atomic E-state index is 0.641. The highest BCUT2D eigenvalue weighted by atomic mass is 35.5. The van der Waals surface area contributed by atoms with Gasteiger partial charge in [0.1, 0.15) is 0 Å². The van der Waals surface area contributed by atoms with Crippen molar-refractivity contribution in [1.29, 1.82) is 0 Å². The molecule has 60 valence electrons. The summed E-state index contributed by atoms with van der Waals surface area (Å²) in [7, 11) is 0. The molecule has 10 heavy (non-hydrogen) atoms. The molecule has 0 amide bonds. The minimum Gasteiger partial charge on any atom is -0.158 e. The van der Waals surface area contributed by atoms with Crippen LogP contribution in [0.1, 0.15) is 13.8 Å². The van der Waals surface area contributed by atoms with Crippen molar-refractivity contribution in [2.45, 2.75) is 13.8 Å². The molecule has 0 aliphatic heterocycles. The van der Waals surface area contributed by atoms with Gasteiger partial charge in [-0.3, -0.25) is 0 Å². The first-order chi connectivity index (χ1) is 4.77. The third-order valence-corrected chi connectivity index (χ3v) is 2.43. The van der Waals surface area contributed by atoms with E-state index in [0.717, 1.165) is 11.7 Å². The molecule has 0 saturated heterocycles. The molecule has 0 atom stereocenters. The van der Waals surface area contributed by atoms with E-state index in [4.69, 9.17) is 11.6 Å². The zero-order chi connectivity index (χ0) is 7.82. The summed E-state index contributed by atoms with van der Waals surface area (Å²) < 4.78 is 0. The molecular weight excluding hydrogens is 164 g/mol. The number of allylic oxidation sites excluding steroid dienone is 1. The highest BCUT2D eigenvalue weighted by molar-refractivity contribution is 7.99. The Balaban J connectivity index is 2.97. The standard InChI is InChI=1S/C8H15ClS/c1-8(2)7-10-6-4-3-5-9/h3-4,8H,5-7H2,1-2H3. The third-order valence-electron chi connectivity index (χ3n) is 0.921. The smallest absolute Gasteiger partial charge is 0.0404 e. The fourth-order valence-electron chi connectivity index (χ4n) is 0.503. The summed E-state index contributed by atoms with van der Waals surface area (Å²) >= 11 is 7.40. The summed E-state index contributed by atoms with van der Waals surface area (Å²) in [5, 5.41) is 0. The first kappa shape index (κ1) is 10.4. The van der Waals surface area contributed by atoms with Crippen molar-refractivity contribution in [3.05, 3.63) is 12.2 Å². The van der Waals surface area contributed by atoms with Crippen molar-refractivity contribution in [3.8, 4) is 0 Å². The third kappa shape index (κ3) is 8.38. The molecular formula is C8H15ClS. The zero-order valence-corrected chi connectivity index (χ0v) is 8.21. The quantitative estimate of drug-likeness (QED) is 0.354. The van der Waals surface area contributed by atoms with E-state index in [1.165, 1.54) is 5.75 Å². The number of alkyl halides is 1. The van der Waals surface area contributed by atoms with Gasteiger partial charge in [0.2, 0.25) is 0 Å².